The lowest BCUT2D eigenvalue weighted by Gasteiger charge is -2.12. The van der Waals surface area contributed by atoms with Gasteiger partial charge in [0.05, 0.1) is 5.52 Å². The van der Waals surface area contributed by atoms with E-state index in [1.54, 1.807) is 6.07 Å². The average molecular weight is 291 g/mol. The van der Waals surface area contributed by atoms with Crippen LogP contribution in [0, 0.1) is 5.82 Å². The second-order valence-electron chi connectivity index (χ2n) is 5.96. The summed E-state index contributed by atoms with van der Waals surface area (Å²) in [7, 11) is 2.02. The van der Waals surface area contributed by atoms with Gasteiger partial charge in [-0.25, -0.2) is 4.39 Å². The molecule has 2 bridgehead atoms. The van der Waals surface area contributed by atoms with E-state index in [1.165, 1.54) is 0 Å². The molecule has 2 aromatic carbocycles. The lowest BCUT2D eigenvalue weighted by Crippen LogP contribution is -2.00. The maximum Gasteiger partial charge on any atom is 0.130 e. The molecule has 0 spiro atoms. The SMILES string of the molecule is Cn1cc(-c2ccccc2)c2cc(F)c3c(c21)C1C=CC3O1. The number of aromatic nitrogens is 1. The van der Waals surface area contributed by atoms with Gasteiger partial charge in [0.2, 0.25) is 0 Å². The van der Waals surface area contributed by atoms with E-state index >= 15 is 0 Å². The Morgan fingerprint density at radius 1 is 1.05 bits per heavy atom. The summed E-state index contributed by atoms with van der Waals surface area (Å²) in [5, 5.41) is 0.953. The Morgan fingerprint density at radius 3 is 2.55 bits per heavy atom. The number of hydrogen-bond acceptors (Lipinski definition) is 1. The standard InChI is InChI=1S/C19H14FNO/c1-21-10-13(11-5-3-2-4-6-11)12-9-14(20)17-15-7-8-16(22-15)18(17)19(12)21/h2-10,15-16H,1H3. The Morgan fingerprint density at radius 2 is 1.77 bits per heavy atom. The monoisotopic (exact) mass is 291 g/mol. The van der Waals surface area contributed by atoms with Gasteiger partial charge in [-0.3, -0.25) is 0 Å². The zero-order chi connectivity index (χ0) is 14.8. The van der Waals surface area contributed by atoms with E-state index in [4.69, 9.17) is 4.74 Å². The number of halogens is 1. The van der Waals surface area contributed by atoms with Crippen LogP contribution in [0.4, 0.5) is 4.39 Å². The van der Waals surface area contributed by atoms with Crippen LogP contribution < -0.4 is 0 Å². The van der Waals surface area contributed by atoms with Crippen molar-refractivity contribution in [1.82, 2.24) is 4.57 Å². The van der Waals surface area contributed by atoms with Crippen LogP contribution in [-0.2, 0) is 11.8 Å². The quantitative estimate of drug-likeness (QED) is 0.594. The zero-order valence-electron chi connectivity index (χ0n) is 12.1. The van der Waals surface area contributed by atoms with Crippen molar-refractivity contribution in [2.45, 2.75) is 12.2 Å². The summed E-state index contributed by atoms with van der Waals surface area (Å²) >= 11 is 0. The van der Waals surface area contributed by atoms with Crippen LogP contribution in [-0.4, -0.2) is 4.57 Å². The minimum atomic E-state index is -0.223. The van der Waals surface area contributed by atoms with Crippen molar-refractivity contribution in [3.05, 3.63) is 71.7 Å². The first kappa shape index (κ1) is 12.2. The van der Waals surface area contributed by atoms with Crippen molar-refractivity contribution in [1.29, 1.82) is 0 Å². The summed E-state index contributed by atoms with van der Waals surface area (Å²) in [6, 6.07) is 11.8. The highest BCUT2D eigenvalue weighted by Crippen LogP contribution is 2.50. The van der Waals surface area contributed by atoms with Gasteiger partial charge >= 0.3 is 0 Å². The van der Waals surface area contributed by atoms with E-state index in [0.717, 1.165) is 27.6 Å². The molecule has 2 unspecified atom stereocenters. The number of hydrogen-bond donors (Lipinski definition) is 0. The van der Waals surface area contributed by atoms with Gasteiger partial charge in [-0.15, -0.1) is 0 Å². The highest BCUT2D eigenvalue weighted by Gasteiger charge is 2.38. The molecule has 22 heavy (non-hydrogen) atoms. The normalized spacial score (nSPS) is 21.7. The molecule has 0 radical (unpaired) electrons. The molecule has 0 saturated heterocycles. The van der Waals surface area contributed by atoms with E-state index in [1.807, 2.05) is 37.4 Å². The Kier molecular flexibility index (Phi) is 2.26. The van der Waals surface area contributed by atoms with Crippen LogP contribution in [0.1, 0.15) is 23.3 Å². The third-order valence-electron chi connectivity index (χ3n) is 4.70. The third-order valence-corrected chi connectivity index (χ3v) is 4.70. The second-order valence-corrected chi connectivity index (χ2v) is 5.96. The van der Waals surface area contributed by atoms with Crippen molar-refractivity contribution in [2.24, 2.45) is 7.05 Å². The molecule has 0 fully saturated rings. The van der Waals surface area contributed by atoms with Gasteiger partial charge in [-0.1, -0.05) is 42.5 Å². The Labute approximate surface area is 127 Å². The molecule has 108 valence electrons. The van der Waals surface area contributed by atoms with Crippen molar-refractivity contribution < 1.29 is 9.13 Å². The molecule has 2 nitrogen and oxygen atoms in total. The molecule has 3 heteroatoms. The lowest BCUT2D eigenvalue weighted by molar-refractivity contribution is 0.0870. The Bertz CT molecular complexity index is 939. The molecule has 5 rings (SSSR count). The number of nitrogens with zero attached hydrogens (tertiary/aromatic N) is 1. The van der Waals surface area contributed by atoms with Gasteiger partial charge in [-0.2, -0.15) is 0 Å². The summed E-state index contributed by atoms with van der Waals surface area (Å²) in [4.78, 5) is 0. The molecule has 2 aliphatic heterocycles. The molecule has 3 heterocycles. The smallest absolute Gasteiger partial charge is 0.130 e. The molecule has 0 N–H and O–H groups in total. The topological polar surface area (TPSA) is 14.2 Å². The van der Waals surface area contributed by atoms with Crippen LogP contribution in [0.25, 0.3) is 22.0 Å². The fourth-order valence-corrected chi connectivity index (χ4v) is 3.79. The summed E-state index contributed by atoms with van der Waals surface area (Å²) in [6.45, 7) is 0. The minimum Gasteiger partial charge on any atom is -0.357 e. The highest BCUT2D eigenvalue weighted by atomic mass is 19.1. The van der Waals surface area contributed by atoms with Crippen molar-refractivity contribution >= 4 is 10.9 Å². The zero-order valence-corrected chi connectivity index (χ0v) is 12.1. The fraction of sp³-hybridized carbons (Fsp3) is 0.158. The molecule has 0 aliphatic carbocycles. The molecular weight excluding hydrogens is 277 g/mol. The molecule has 1 aromatic heterocycles. The first-order chi connectivity index (χ1) is 10.7. The number of rotatable bonds is 1. The van der Waals surface area contributed by atoms with E-state index in [-0.39, 0.29) is 18.0 Å². The molecule has 0 saturated carbocycles. The number of benzene rings is 2. The Balaban J connectivity index is 1.88. The van der Waals surface area contributed by atoms with Crippen molar-refractivity contribution in [3.8, 4) is 11.1 Å². The van der Waals surface area contributed by atoms with Gasteiger partial charge < -0.3 is 9.30 Å². The van der Waals surface area contributed by atoms with Gasteiger partial charge in [0, 0.05) is 35.3 Å². The maximum atomic E-state index is 14.7. The molecule has 2 atom stereocenters. The van der Waals surface area contributed by atoms with Gasteiger partial charge in [-0.05, 0) is 11.6 Å². The summed E-state index contributed by atoms with van der Waals surface area (Å²) in [5.74, 6) is -0.164. The lowest BCUT2D eigenvalue weighted by atomic mass is 9.92. The van der Waals surface area contributed by atoms with Crippen LogP contribution in [0.2, 0.25) is 0 Å². The number of ether oxygens (including phenoxy) is 1. The predicted molar refractivity (Wildman–Crippen MR) is 84.0 cm³/mol. The Hall–Kier alpha value is -2.39. The molecule has 3 aromatic rings. The van der Waals surface area contributed by atoms with Crippen LogP contribution >= 0.6 is 0 Å². The average Bonchev–Trinajstić information content (AvgIpc) is 3.22. The van der Waals surface area contributed by atoms with E-state index in [9.17, 15) is 4.39 Å². The highest BCUT2D eigenvalue weighted by molar-refractivity contribution is 5.99. The van der Waals surface area contributed by atoms with Gasteiger partial charge in [0.1, 0.15) is 18.0 Å². The van der Waals surface area contributed by atoms with Crippen LogP contribution in [0.5, 0.6) is 0 Å². The number of fused-ring (bicyclic) bond motifs is 7. The van der Waals surface area contributed by atoms with E-state index in [2.05, 4.69) is 22.9 Å². The predicted octanol–water partition coefficient (Wildman–Crippen LogP) is 4.67. The van der Waals surface area contributed by atoms with Gasteiger partial charge in [0.15, 0.2) is 0 Å². The largest absolute Gasteiger partial charge is 0.357 e. The van der Waals surface area contributed by atoms with Crippen LogP contribution in [0.3, 0.4) is 0 Å². The minimum absolute atomic E-state index is 0.115. The number of aryl methyl sites for hydroxylation is 1. The fourth-order valence-electron chi connectivity index (χ4n) is 3.79. The third kappa shape index (κ3) is 1.41. The summed E-state index contributed by atoms with van der Waals surface area (Å²) in [6.07, 6.45) is 5.72. The first-order valence-corrected chi connectivity index (χ1v) is 7.44. The van der Waals surface area contributed by atoms with Crippen molar-refractivity contribution in [3.63, 3.8) is 0 Å². The summed E-state index contributed by atoms with van der Waals surface area (Å²) in [5.41, 5.74) is 4.94. The molecule has 0 amide bonds. The van der Waals surface area contributed by atoms with Crippen LogP contribution in [0.15, 0.2) is 54.7 Å². The maximum absolute atomic E-state index is 14.7. The molecule has 2 aliphatic rings. The van der Waals surface area contributed by atoms with E-state index < -0.39 is 0 Å². The molecular formula is C19H14FNO. The second kappa shape index (κ2) is 4.08. The first-order valence-electron chi connectivity index (χ1n) is 7.44. The van der Waals surface area contributed by atoms with E-state index in [0.29, 0.717) is 5.56 Å². The summed E-state index contributed by atoms with van der Waals surface area (Å²) < 4.78 is 22.6. The van der Waals surface area contributed by atoms with Gasteiger partial charge in [0.25, 0.3) is 0 Å². The van der Waals surface area contributed by atoms with Crippen molar-refractivity contribution in [2.75, 3.05) is 0 Å².